The lowest BCUT2D eigenvalue weighted by molar-refractivity contribution is 0.143. The van der Waals surface area contributed by atoms with Crippen LogP contribution in [0.1, 0.15) is 29.5 Å². The SMILES string of the molecule is CCOCCCCNCc1ccc(C)s1.Cl. The molecule has 0 radical (unpaired) electrons. The summed E-state index contributed by atoms with van der Waals surface area (Å²) < 4.78 is 5.28. The summed E-state index contributed by atoms with van der Waals surface area (Å²) in [5, 5.41) is 3.45. The Bertz CT molecular complexity index is 265. The zero-order chi connectivity index (χ0) is 10.9. The summed E-state index contributed by atoms with van der Waals surface area (Å²) in [6, 6.07) is 4.38. The van der Waals surface area contributed by atoms with E-state index in [1.54, 1.807) is 0 Å². The second-order valence-electron chi connectivity index (χ2n) is 3.59. The molecule has 0 aromatic carbocycles. The van der Waals surface area contributed by atoms with Gasteiger partial charge >= 0.3 is 0 Å². The maximum absolute atomic E-state index is 5.28. The maximum atomic E-state index is 5.28. The summed E-state index contributed by atoms with van der Waals surface area (Å²) in [5.74, 6) is 0. The quantitative estimate of drug-likeness (QED) is 0.726. The van der Waals surface area contributed by atoms with Gasteiger partial charge in [0.25, 0.3) is 0 Å². The summed E-state index contributed by atoms with van der Waals surface area (Å²) in [7, 11) is 0. The van der Waals surface area contributed by atoms with Gasteiger partial charge in [0.05, 0.1) is 0 Å². The van der Waals surface area contributed by atoms with Crippen LogP contribution >= 0.6 is 23.7 Å². The van der Waals surface area contributed by atoms with E-state index in [1.165, 1.54) is 16.2 Å². The number of thiophene rings is 1. The van der Waals surface area contributed by atoms with Crippen LogP contribution in [0.5, 0.6) is 0 Å². The van der Waals surface area contributed by atoms with Crippen LogP contribution in [0.15, 0.2) is 12.1 Å². The molecule has 0 saturated heterocycles. The smallest absolute Gasteiger partial charge is 0.0466 e. The summed E-state index contributed by atoms with van der Waals surface area (Å²) in [6.07, 6.45) is 2.36. The van der Waals surface area contributed by atoms with Crippen molar-refractivity contribution in [1.82, 2.24) is 5.32 Å². The highest BCUT2D eigenvalue weighted by Gasteiger charge is 1.95. The molecule has 0 amide bonds. The summed E-state index contributed by atoms with van der Waals surface area (Å²) in [5.41, 5.74) is 0. The van der Waals surface area contributed by atoms with Crippen LogP contribution in [0, 0.1) is 6.92 Å². The number of hydrogen-bond acceptors (Lipinski definition) is 3. The lowest BCUT2D eigenvalue weighted by atomic mass is 10.3. The molecule has 0 spiro atoms. The van der Waals surface area contributed by atoms with Crippen LogP contribution < -0.4 is 5.32 Å². The molecule has 1 aromatic rings. The third-order valence-electron chi connectivity index (χ3n) is 2.19. The topological polar surface area (TPSA) is 21.3 Å². The van der Waals surface area contributed by atoms with Gasteiger partial charge in [-0.15, -0.1) is 23.7 Å². The second kappa shape index (κ2) is 10.1. The van der Waals surface area contributed by atoms with E-state index < -0.39 is 0 Å². The Morgan fingerprint density at radius 1 is 1.31 bits per heavy atom. The Hall–Kier alpha value is -0.0900. The number of nitrogens with one attached hydrogen (secondary N) is 1. The number of rotatable bonds is 8. The average Bonchev–Trinajstić information content (AvgIpc) is 2.63. The van der Waals surface area contributed by atoms with Crippen molar-refractivity contribution in [2.75, 3.05) is 19.8 Å². The van der Waals surface area contributed by atoms with E-state index in [1.807, 2.05) is 18.3 Å². The molecule has 0 bridgehead atoms. The molecule has 94 valence electrons. The van der Waals surface area contributed by atoms with E-state index >= 15 is 0 Å². The van der Waals surface area contributed by atoms with Crippen molar-refractivity contribution in [1.29, 1.82) is 0 Å². The van der Waals surface area contributed by atoms with Crippen LogP contribution in [0.2, 0.25) is 0 Å². The van der Waals surface area contributed by atoms with Crippen molar-refractivity contribution in [2.45, 2.75) is 33.2 Å². The van der Waals surface area contributed by atoms with Gasteiger partial charge in [0.2, 0.25) is 0 Å². The summed E-state index contributed by atoms with van der Waals surface area (Å²) in [4.78, 5) is 2.82. The summed E-state index contributed by atoms with van der Waals surface area (Å²) >= 11 is 1.87. The number of ether oxygens (including phenoxy) is 1. The molecule has 0 unspecified atom stereocenters. The molecule has 0 fully saturated rings. The van der Waals surface area contributed by atoms with Crippen molar-refractivity contribution in [3.63, 3.8) is 0 Å². The number of hydrogen-bond donors (Lipinski definition) is 1. The molecular weight excluding hydrogens is 242 g/mol. The highest BCUT2D eigenvalue weighted by Crippen LogP contribution is 2.14. The van der Waals surface area contributed by atoms with Gasteiger partial charge in [-0.25, -0.2) is 0 Å². The fourth-order valence-corrected chi connectivity index (χ4v) is 2.25. The average molecular weight is 264 g/mol. The molecule has 4 heteroatoms. The molecule has 0 aliphatic rings. The minimum Gasteiger partial charge on any atom is -0.382 e. The first-order valence-electron chi connectivity index (χ1n) is 5.66. The molecule has 0 aliphatic carbocycles. The zero-order valence-corrected chi connectivity index (χ0v) is 11.8. The van der Waals surface area contributed by atoms with Gasteiger partial charge in [0.1, 0.15) is 0 Å². The van der Waals surface area contributed by atoms with E-state index in [0.717, 1.165) is 32.7 Å². The third kappa shape index (κ3) is 7.23. The Morgan fingerprint density at radius 3 is 2.75 bits per heavy atom. The third-order valence-corrected chi connectivity index (χ3v) is 3.19. The zero-order valence-electron chi connectivity index (χ0n) is 10.1. The van der Waals surface area contributed by atoms with Crippen LogP contribution in [0.3, 0.4) is 0 Å². The molecule has 1 N–H and O–H groups in total. The van der Waals surface area contributed by atoms with E-state index in [4.69, 9.17) is 4.74 Å². The molecule has 0 atom stereocenters. The Kier molecular flexibility index (Phi) is 10.0. The molecule has 16 heavy (non-hydrogen) atoms. The van der Waals surface area contributed by atoms with Crippen LogP contribution in [-0.4, -0.2) is 19.8 Å². The summed E-state index contributed by atoms with van der Waals surface area (Å²) in [6.45, 7) is 8.02. The highest BCUT2D eigenvalue weighted by atomic mass is 35.5. The van der Waals surface area contributed by atoms with Crippen LogP contribution in [-0.2, 0) is 11.3 Å². The van der Waals surface area contributed by atoms with Gasteiger partial charge < -0.3 is 10.1 Å². The van der Waals surface area contributed by atoms with Crippen molar-refractivity contribution in [2.24, 2.45) is 0 Å². The predicted molar refractivity (Wildman–Crippen MR) is 73.7 cm³/mol. The second-order valence-corrected chi connectivity index (χ2v) is 4.97. The van der Waals surface area contributed by atoms with Gasteiger partial charge in [-0.1, -0.05) is 0 Å². The Morgan fingerprint density at radius 2 is 2.12 bits per heavy atom. The fourth-order valence-electron chi connectivity index (χ4n) is 1.39. The van der Waals surface area contributed by atoms with Crippen molar-refractivity contribution in [3.05, 3.63) is 21.9 Å². The van der Waals surface area contributed by atoms with E-state index in [9.17, 15) is 0 Å². The number of aryl methyl sites for hydroxylation is 1. The normalized spacial score (nSPS) is 10.1. The van der Waals surface area contributed by atoms with E-state index in [-0.39, 0.29) is 12.4 Å². The molecule has 0 aliphatic heterocycles. The molecule has 1 rings (SSSR count). The minimum absolute atomic E-state index is 0. The first-order valence-corrected chi connectivity index (χ1v) is 6.48. The monoisotopic (exact) mass is 263 g/mol. The number of unbranched alkanes of at least 4 members (excludes halogenated alkanes) is 1. The van der Waals surface area contributed by atoms with Gasteiger partial charge in [-0.05, 0) is 45.4 Å². The van der Waals surface area contributed by atoms with Gasteiger partial charge in [0.15, 0.2) is 0 Å². The van der Waals surface area contributed by atoms with Crippen molar-refractivity contribution < 1.29 is 4.74 Å². The lowest BCUT2D eigenvalue weighted by Crippen LogP contribution is -2.14. The molecule has 2 nitrogen and oxygen atoms in total. The first-order chi connectivity index (χ1) is 7.33. The lowest BCUT2D eigenvalue weighted by Gasteiger charge is -2.03. The van der Waals surface area contributed by atoms with E-state index in [0.29, 0.717) is 0 Å². The minimum atomic E-state index is 0. The van der Waals surface area contributed by atoms with Crippen LogP contribution in [0.25, 0.3) is 0 Å². The van der Waals surface area contributed by atoms with Gasteiger partial charge in [-0.2, -0.15) is 0 Å². The number of halogens is 1. The molecular formula is C12H22ClNOS. The largest absolute Gasteiger partial charge is 0.382 e. The molecule has 0 saturated carbocycles. The van der Waals surface area contributed by atoms with E-state index in [2.05, 4.69) is 24.4 Å². The highest BCUT2D eigenvalue weighted by molar-refractivity contribution is 7.11. The van der Waals surface area contributed by atoms with Crippen LogP contribution in [0.4, 0.5) is 0 Å². The van der Waals surface area contributed by atoms with Crippen molar-refractivity contribution in [3.8, 4) is 0 Å². The Labute approximate surface area is 109 Å². The maximum Gasteiger partial charge on any atom is 0.0466 e. The molecule has 1 aromatic heterocycles. The standard InChI is InChI=1S/C12H21NOS.ClH/c1-3-14-9-5-4-8-13-10-12-7-6-11(2)15-12;/h6-7,13H,3-5,8-10H2,1-2H3;1H. The molecule has 1 heterocycles. The Balaban J connectivity index is 0.00000225. The van der Waals surface area contributed by atoms with Gasteiger partial charge in [-0.3, -0.25) is 0 Å². The van der Waals surface area contributed by atoms with Gasteiger partial charge in [0, 0.05) is 29.5 Å². The fraction of sp³-hybridized carbons (Fsp3) is 0.667. The van der Waals surface area contributed by atoms with Crippen molar-refractivity contribution >= 4 is 23.7 Å². The predicted octanol–water partition coefficient (Wildman–Crippen LogP) is 3.38. The first kappa shape index (κ1) is 15.9.